The number of nitrogens with zero attached hydrogens (tertiary/aromatic N) is 1. The third-order valence-corrected chi connectivity index (χ3v) is 4.06. The van der Waals surface area contributed by atoms with Crippen molar-refractivity contribution in [2.75, 3.05) is 7.11 Å². The highest BCUT2D eigenvalue weighted by Gasteiger charge is 2.16. The summed E-state index contributed by atoms with van der Waals surface area (Å²) in [7, 11) is 1.63. The molecule has 0 saturated carbocycles. The van der Waals surface area contributed by atoms with Gasteiger partial charge >= 0.3 is 0 Å². The molecular weight excluding hydrogens is 316 g/mol. The number of pyridine rings is 1. The molecule has 0 saturated heterocycles. The molecule has 0 aliphatic carbocycles. The van der Waals surface area contributed by atoms with Gasteiger partial charge in [-0.15, -0.1) is 0 Å². The first kappa shape index (κ1) is 16.8. The fourth-order valence-electron chi connectivity index (χ4n) is 2.73. The molecule has 1 aromatic heterocycles. The van der Waals surface area contributed by atoms with Crippen LogP contribution in [-0.4, -0.2) is 24.1 Å². The van der Waals surface area contributed by atoms with E-state index in [0.29, 0.717) is 11.5 Å². The highest BCUT2D eigenvalue weighted by molar-refractivity contribution is 5.99. The first-order valence-electron chi connectivity index (χ1n) is 8.01. The molecule has 0 bridgehead atoms. The zero-order valence-electron chi connectivity index (χ0n) is 14.4. The molecule has 0 aliphatic heterocycles. The number of hydrogen-bond acceptors (Lipinski definition) is 4. The monoisotopic (exact) mass is 336 g/mol. The topological polar surface area (TPSA) is 74.4 Å². The van der Waals surface area contributed by atoms with Crippen LogP contribution in [0.25, 0.3) is 22.0 Å². The van der Waals surface area contributed by atoms with Gasteiger partial charge in [-0.1, -0.05) is 24.3 Å². The van der Waals surface area contributed by atoms with Gasteiger partial charge in [0.05, 0.1) is 7.11 Å². The Hall–Kier alpha value is -3.08. The minimum absolute atomic E-state index is 0.508. The fraction of sp³-hybridized carbons (Fsp3) is 0.200. The Morgan fingerprint density at radius 1 is 1.04 bits per heavy atom. The molecule has 5 heteroatoms. The van der Waals surface area contributed by atoms with Crippen LogP contribution >= 0.6 is 0 Å². The third kappa shape index (κ3) is 3.26. The minimum Gasteiger partial charge on any atom is -0.494 e. The Balaban J connectivity index is 2.19. The number of rotatable bonds is 5. The number of hydrogen-bond donors (Lipinski definition) is 1. The van der Waals surface area contributed by atoms with E-state index in [1.165, 1.54) is 0 Å². The lowest BCUT2D eigenvalue weighted by molar-refractivity contribution is -0.123. The van der Waals surface area contributed by atoms with Crippen molar-refractivity contribution in [3.8, 4) is 22.6 Å². The molecule has 0 spiro atoms. The molecule has 5 nitrogen and oxygen atoms in total. The summed E-state index contributed by atoms with van der Waals surface area (Å²) in [6.07, 6.45) is -0.717. The van der Waals surface area contributed by atoms with E-state index < -0.39 is 12.0 Å². The van der Waals surface area contributed by atoms with E-state index in [9.17, 15) is 4.79 Å². The number of benzene rings is 2. The lowest BCUT2D eigenvalue weighted by atomic mass is 9.99. The molecule has 2 N–H and O–H groups in total. The van der Waals surface area contributed by atoms with Crippen LogP contribution in [0.15, 0.2) is 48.5 Å². The summed E-state index contributed by atoms with van der Waals surface area (Å²) in [5.74, 6) is 0.805. The number of amides is 1. The Morgan fingerprint density at radius 2 is 1.80 bits per heavy atom. The van der Waals surface area contributed by atoms with Crippen molar-refractivity contribution in [2.24, 2.45) is 5.73 Å². The molecule has 1 heterocycles. The van der Waals surface area contributed by atoms with E-state index >= 15 is 0 Å². The van der Waals surface area contributed by atoms with Crippen LogP contribution in [0, 0.1) is 6.92 Å². The molecular formula is C20H20N2O3. The van der Waals surface area contributed by atoms with Crippen molar-refractivity contribution in [3.05, 3.63) is 54.2 Å². The number of primary amides is 1. The van der Waals surface area contributed by atoms with Crippen LogP contribution in [0.5, 0.6) is 11.5 Å². The first-order chi connectivity index (χ1) is 12.0. The number of carbonyl (C=O) groups excluding carboxylic acids is 1. The van der Waals surface area contributed by atoms with E-state index in [0.717, 1.165) is 27.7 Å². The zero-order chi connectivity index (χ0) is 18.0. The molecule has 0 radical (unpaired) electrons. The maximum absolute atomic E-state index is 11.4. The smallest absolute Gasteiger partial charge is 0.258 e. The Morgan fingerprint density at radius 3 is 2.52 bits per heavy atom. The fourth-order valence-corrected chi connectivity index (χ4v) is 2.73. The normalized spacial score (nSPS) is 12.0. The SMILES string of the molecule is COc1ccc(-c2ccccc2O[C@H](C)C(N)=O)c2ccc(C)nc12. The highest BCUT2D eigenvalue weighted by Crippen LogP contribution is 2.38. The van der Waals surface area contributed by atoms with Gasteiger partial charge in [-0.2, -0.15) is 0 Å². The Kier molecular flexibility index (Phi) is 4.57. The molecule has 0 aliphatic rings. The Labute approximate surface area is 146 Å². The quantitative estimate of drug-likeness (QED) is 0.774. The average molecular weight is 336 g/mol. The summed E-state index contributed by atoms with van der Waals surface area (Å²) in [5.41, 5.74) is 8.85. The zero-order valence-corrected chi connectivity index (χ0v) is 14.4. The highest BCUT2D eigenvalue weighted by atomic mass is 16.5. The maximum Gasteiger partial charge on any atom is 0.258 e. The second-order valence-electron chi connectivity index (χ2n) is 5.82. The van der Waals surface area contributed by atoms with E-state index in [2.05, 4.69) is 4.98 Å². The second-order valence-corrected chi connectivity index (χ2v) is 5.82. The van der Waals surface area contributed by atoms with Crippen molar-refractivity contribution >= 4 is 16.8 Å². The lowest BCUT2D eigenvalue weighted by Gasteiger charge is -2.17. The summed E-state index contributed by atoms with van der Waals surface area (Å²) >= 11 is 0. The number of nitrogens with two attached hydrogens (primary N) is 1. The van der Waals surface area contributed by atoms with E-state index in [1.807, 2.05) is 55.5 Å². The van der Waals surface area contributed by atoms with Crippen LogP contribution in [0.1, 0.15) is 12.6 Å². The first-order valence-corrected chi connectivity index (χ1v) is 8.01. The van der Waals surface area contributed by atoms with Gasteiger partial charge in [0.25, 0.3) is 5.91 Å². The summed E-state index contributed by atoms with van der Waals surface area (Å²) in [6.45, 7) is 3.58. The number of aromatic nitrogens is 1. The van der Waals surface area contributed by atoms with Gasteiger partial charge in [-0.05, 0) is 43.7 Å². The van der Waals surface area contributed by atoms with E-state index in [4.69, 9.17) is 15.2 Å². The lowest BCUT2D eigenvalue weighted by Crippen LogP contribution is -2.30. The molecule has 2 aromatic carbocycles. The molecule has 0 unspecified atom stereocenters. The Bertz CT molecular complexity index is 937. The molecule has 128 valence electrons. The minimum atomic E-state index is -0.717. The van der Waals surface area contributed by atoms with Crippen molar-refractivity contribution < 1.29 is 14.3 Å². The largest absolute Gasteiger partial charge is 0.494 e. The van der Waals surface area contributed by atoms with Gasteiger partial charge in [-0.3, -0.25) is 4.79 Å². The van der Waals surface area contributed by atoms with E-state index in [1.54, 1.807) is 14.0 Å². The van der Waals surface area contributed by atoms with Gasteiger partial charge in [-0.25, -0.2) is 4.98 Å². The number of ether oxygens (including phenoxy) is 2. The molecule has 1 atom stereocenters. The molecule has 3 rings (SSSR count). The average Bonchev–Trinajstić information content (AvgIpc) is 2.61. The van der Waals surface area contributed by atoms with Crippen molar-refractivity contribution in [1.29, 1.82) is 0 Å². The number of para-hydroxylation sites is 1. The molecule has 3 aromatic rings. The van der Waals surface area contributed by atoms with Gasteiger partial charge < -0.3 is 15.2 Å². The van der Waals surface area contributed by atoms with Gasteiger partial charge in [0.2, 0.25) is 0 Å². The summed E-state index contributed by atoms with van der Waals surface area (Å²) in [6, 6.07) is 15.4. The molecule has 0 fully saturated rings. The number of fused-ring (bicyclic) bond motifs is 1. The molecule has 25 heavy (non-hydrogen) atoms. The predicted octanol–water partition coefficient (Wildman–Crippen LogP) is 3.47. The van der Waals surface area contributed by atoms with Gasteiger partial charge in [0.15, 0.2) is 6.10 Å². The van der Waals surface area contributed by atoms with Gasteiger partial charge in [0.1, 0.15) is 17.0 Å². The van der Waals surface area contributed by atoms with Crippen molar-refractivity contribution in [1.82, 2.24) is 4.98 Å². The third-order valence-electron chi connectivity index (χ3n) is 4.06. The van der Waals surface area contributed by atoms with Gasteiger partial charge in [0, 0.05) is 16.6 Å². The summed E-state index contributed by atoms with van der Waals surface area (Å²) in [4.78, 5) is 16.0. The molecule has 1 amide bonds. The number of methoxy groups -OCH3 is 1. The van der Waals surface area contributed by atoms with Crippen LogP contribution in [0.4, 0.5) is 0 Å². The summed E-state index contributed by atoms with van der Waals surface area (Å²) < 4.78 is 11.2. The van der Waals surface area contributed by atoms with E-state index in [-0.39, 0.29) is 0 Å². The number of carbonyl (C=O) groups is 1. The van der Waals surface area contributed by atoms with Crippen LogP contribution in [0.2, 0.25) is 0 Å². The van der Waals surface area contributed by atoms with Crippen LogP contribution in [0.3, 0.4) is 0 Å². The maximum atomic E-state index is 11.4. The van der Waals surface area contributed by atoms with Crippen LogP contribution < -0.4 is 15.2 Å². The second kappa shape index (κ2) is 6.81. The van der Waals surface area contributed by atoms with Crippen molar-refractivity contribution in [3.63, 3.8) is 0 Å². The van der Waals surface area contributed by atoms with Crippen LogP contribution in [-0.2, 0) is 4.79 Å². The van der Waals surface area contributed by atoms with Crippen molar-refractivity contribution in [2.45, 2.75) is 20.0 Å². The number of aryl methyl sites for hydroxylation is 1. The standard InChI is InChI=1S/C20H20N2O3/c1-12-8-9-16-14(10-11-18(24-3)19(16)22-12)15-6-4-5-7-17(15)25-13(2)20(21)23/h4-11,13H,1-3H3,(H2,21,23)/t13-/m1/s1. The summed E-state index contributed by atoms with van der Waals surface area (Å²) in [5, 5.41) is 0.952. The predicted molar refractivity (Wildman–Crippen MR) is 97.8 cm³/mol.